The van der Waals surface area contributed by atoms with Crippen LogP contribution in [0, 0.1) is 6.92 Å². The number of carbonyl (C=O) groups is 1. The Bertz CT molecular complexity index is 485. The summed E-state index contributed by atoms with van der Waals surface area (Å²) in [6.07, 6.45) is -4.80. The number of hydrogen-bond acceptors (Lipinski definition) is 3. The van der Waals surface area contributed by atoms with Gasteiger partial charge in [-0.1, -0.05) is 29.8 Å². The molecule has 7 heteroatoms. The van der Waals surface area contributed by atoms with Crippen LogP contribution in [0.5, 0.6) is 0 Å². The van der Waals surface area contributed by atoms with Gasteiger partial charge in [-0.3, -0.25) is 4.79 Å². The van der Waals surface area contributed by atoms with Crippen LogP contribution in [0.3, 0.4) is 0 Å². The Morgan fingerprint density at radius 1 is 1.30 bits per heavy atom. The fourth-order valence-corrected chi connectivity index (χ4v) is 2.11. The third-order valence-corrected chi connectivity index (χ3v) is 3.51. The second-order valence-corrected chi connectivity index (χ2v) is 5.46. The molecule has 4 nitrogen and oxygen atoms in total. The number of nitrogens with zero attached hydrogens (tertiary/aromatic N) is 1. The number of aryl methyl sites for hydroxylation is 1. The van der Waals surface area contributed by atoms with Gasteiger partial charge in [0.2, 0.25) is 5.91 Å². The zero-order valence-electron chi connectivity index (χ0n) is 13.4. The molecule has 0 aliphatic rings. The zero-order valence-corrected chi connectivity index (χ0v) is 13.4. The van der Waals surface area contributed by atoms with Crippen molar-refractivity contribution < 1.29 is 22.7 Å². The first kappa shape index (κ1) is 19.4. The Labute approximate surface area is 134 Å². The number of benzene rings is 1. The monoisotopic (exact) mass is 332 g/mol. The molecule has 1 rings (SSSR count). The number of halogens is 3. The highest BCUT2D eigenvalue weighted by molar-refractivity contribution is 5.76. The topological polar surface area (TPSA) is 55.6 Å². The molecule has 0 radical (unpaired) electrons. The number of nitrogens with two attached hydrogens (primary N) is 1. The summed E-state index contributed by atoms with van der Waals surface area (Å²) in [7, 11) is 1.38. The maximum Gasteiger partial charge on any atom is 0.406 e. The first-order valence-corrected chi connectivity index (χ1v) is 7.38. The summed E-state index contributed by atoms with van der Waals surface area (Å²) >= 11 is 0. The van der Waals surface area contributed by atoms with Crippen molar-refractivity contribution in [3.8, 4) is 0 Å². The maximum atomic E-state index is 12.7. The standard InChI is InChI=1S/C16H23F3N2O2/c1-12-3-5-13(6-4-12)7-8-21(11-16(17,18)19)15(22)9-14(10-20)23-2/h3-6,14H,7-11,20H2,1-2H3. The predicted octanol–water partition coefficient (Wildman–Crippen LogP) is 2.29. The largest absolute Gasteiger partial charge is 0.406 e. The van der Waals surface area contributed by atoms with Crippen molar-refractivity contribution in [3.05, 3.63) is 35.4 Å². The van der Waals surface area contributed by atoms with Gasteiger partial charge >= 0.3 is 6.18 Å². The second kappa shape index (κ2) is 8.88. The fraction of sp³-hybridized carbons (Fsp3) is 0.562. The summed E-state index contributed by atoms with van der Waals surface area (Å²) in [6, 6.07) is 7.48. The van der Waals surface area contributed by atoms with Crippen molar-refractivity contribution in [2.24, 2.45) is 5.73 Å². The minimum Gasteiger partial charge on any atom is -0.380 e. The summed E-state index contributed by atoms with van der Waals surface area (Å²) in [5.41, 5.74) is 7.38. The molecule has 1 aromatic rings. The van der Waals surface area contributed by atoms with E-state index in [-0.39, 0.29) is 19.5 Å². The SMILES string of the molecule is COC(CN)CC(=O)N(CCc1ccc(C)cc1)CC(F)(F)F. The van der Waals surface area contributed by atoms with E-state index in [4.69, 9.17) is 10.5 Å². The summed E-state index contributed by atoms with van der Waals surface area (Å²) in [5.74, 6) is -0.605. The average Bonchev–Trinajstić information content (AvgIpc) is 2.49. The van der Waals surface area contributed by atoms with E-state index in [0.717, 1.165) is 16.0 Å². The smallest absolute Gasteiger partial charge is 0.380 e. The Hall–Kier alpha value is -1.60. The summed E-state index contributed by atoms with van der Waals surface area (Å²) < 4.78 is 43.1. The molecule has 0 aromatic heterocycles. The summed E-state index contributed by atoms with van der Waals surface area (Å²) in [6.45, 7) is 0.752. The van der Waals surface area contributed by atoms with Crippen molar-refractivity contribution in [1.29, 1.82) is 0 Å². The molecule has 1 amide bonds. The molecule has 1 aromatic carbocycles. The second-order valence-electron chi connectivity index (χ2n) is 5.46. The molecule has 23 heavy (non-hydrogen) atoms. The van der Waals surface area contributed by atoms with Crippen LogP contribution < -0.4 is 5.73 Å². The lowest BCUT2D eigenvalue weighted by atomic mass is 10.1. The van der Waals surface area contributed by atoms with Crippen molar-refractivity contribution >= 4 is 5.91 Å². The van der Waals surface area contributed by atoms with E-state index in [0.29, 0.717) is 6.42 Å². The summed E-state index contributed by atoms with van der Waals surface area (Å²) in [4.78, 5) is 12.9. The van der Waals surface area contributed by atoms with Gasteiger partial charge < -0.3 is 15.4 Å². The minimum absolute atomic E-state index is 0.00239. The van der Waals surface area contributed by atoms with Crippen LogP contribution in [0.2, 0.25) is 0 Å². The first-order valence-electron chi connectivity index (χ1n) is 7.38. The van der Waals surface area contributed by atoms with Crippen molar-refractivity contribution in [2.75, 3.05) is 26.7 Å². The van der Waals surface area contributed by atoms with Gasteiger partial charge in [-0.25, -0.2) is 0 Å². The van der Waals surface area contributed by atoms with E-state index in [9.17, 15) is 18.0 Å². The number of amides is 1. The predicted molar refractivity (Wildman–Crippen MR) is 82.0 cm³/mol. The van der Waals surface area contributed by atoms with Gasteiger partial charge in [0.15, 0.2) is 0 Å². The molecule has 0 heterocycles. The third kappa shape index (κ3) is 7.47. The maximum absolute atomic E-state index is 12.7. The fourth-order valence-electron chi connectivity index (χ4n) is 2.11. The Morgan fingerprint density at radius 3 is 2.39 bits per heavy atom. The number of rotatable bonds is 8. The summed E-state index contributed by atoms with van der Waals surface area (Å²) in [5, 5.41) is 0. The van der Waals surface area contributed by atoms with Gasteiger partial charge in [0, 0.05) is 20.2 Å². The van der Waals surface area contributed by atoms with Crippen LogP contribution in [0.1, 0.15) is 17.5 Å². The van der Waals surface area contributed by atoms with E-state index in [1.807, 2.05) is 31.2 Å². The molecule has 0 saturated carbocycles. The molecular weight excluding hydrogens is 309 g/mol. The first-order chi connectivity index (χ1) is 10.7. The molecule has 1 unspecified atom stereocenters. The molecule has 0 fully saturated rings. The van der Waals surface area contributed by atoms with E-state index in [1.165, 1.54) is 7.11 Å². The normalized spacial score (nSPS) is 13.0. The third-order valence-electron chi connectivity index (χ3n) is 3.51. The van der Waals surface area contributed by atoms with Crippen molar-refractivity contribution in [3.63, 3.8) is 0 Å². The molecular formula is C16H23F3N2O2. The number of carbonyl (C=O) groups excluding carboxylic acids is 1. The van der Waals surface area contributed by atoms with Crippen LogP contribution in [-0.4, -0.2) is 49.8 Å². The van der Waals surface area contributed by atoms with E-state index < -0.39 is 24.7 Å². The van der Waals surface area contributed by atoms with E-state index in [1.54, 1.807) is 0 Å². The molecule has 0 aliphatic heterocycles. The van der Waals surface area contributed by atoms with Gasteiger partial charge in [-0.2, -0.15) is 13.2 Å². The van der Waals surface area contributed by atoms with Gasteiger partial charge in [-0.05, 0) is 18.9 Å². The molecule has 0 aliphatic carbocycles. The number of ether oxygens (including phenoxy) is 1. The quantitative estimate of drug-likeness (QED) is 0.795. The lowest BCUT2D eigenvalue weighted by Crippen LogP contribution is -2.42. The van der Waals surface area contributed by atoms with Crippen LogP contribution in [0.25, 0.3) is 0 Å². The van der Waals surface area contributed by atoms with Crippen LogP contribution in [0.15, 0.2) is 24.3 Å². The molecule has 0 bridgehead atoms. The average molecular weight is 332 g/mol. The minimum atomic E-state index is -4.44. The van der Waals surface area contributed by atoms with Gasteiger partial charge in [-0.15, -0.1) is 0 Å². The molecule has 1 atom stereocenters. The van der Waals surface area contributed by atoms with Crippen LogP contribution >= 0.6 is 0 Å². The van der Waals surface area contributed by atoms with Gasteiger partial charge in [0.1, 0.15) is 6.54 Å². The van der Waals surface area contributed by atoms with E-state index >= 15 is 0 Å². The molecule has 2 N–H and O–H groups in total. The highest BCUT2D eigenvalue weighted by Crippen LogP contribution is 2.18. The van der Waals surface area contributed by atoms with Crippen LogP contribution in [0.4, 0.5) is 13.2 Å². The highest BCUT2D eigenvalue weighted by Gasteiger charge is 2.33. The molecule has 0 spiro atoms. The van der Waals surface area contributed by atoms with Crippen LogP contribution in [-0.2, 0) is 16.0 Å². The Morgan fingerprint density at radius 2 is 1.91 bits per heavy atom. The van der Waals surface area contributed by atoms with E-state index in [2.05, 4.69) is 0 Å². The van der Waals surface area contributed by atoms with Gasteiger partial charge in [0.25, 0.3) is 0 Å². The van der Waals surface area contributed by atoms with Crippen molar-refractivity contribution in [1.82, 2.24) is 4.90 Å². The number of hydrogen-bond donors (Lipinski definition) is 1. The lowest BCUT2D eigenvalue weighted by Gasteiger charge is -2.25. The zero-order chi connectivity index (χ0) is 17.5. The van der Waals surface area contributed by atoms with Crippen molar-refractivity contribution in [2.45, 2.75) is 32.0 Å². The number of methoxy groups -OCH3 is 1. The number of alkyl halides is 3. The highest BCUT2D eigenvalue weighted by atomic mass is 19.4. The Balaban J connectivity index is 2.71. The Kier molecular flexibility index (Phi) is 7.51. The van der Waals surface area contributed by atoms with Gasteiger partial charge in [0.05, 0.1) is 12.5 Å². The molecule has 0 saturated heterocycles. The lowest BCUT2D eigenvalue weighted by molar-refractivity contribution is -0.162. The molecule has 130 valence electrons.